The van der Waals surface area contributed by atoms with Gasteiger partial charge in [0.05, 0.1) is 22.0 Å². The molecule has 6 nitrogen and oxygen atoms in total. The molecule has 0 unspecified atom stereocenters. The number of hydrogen-bond donors (Lipinski definition) is 0. The molecule has 0 bridgehead atoms. The van der Waals surface area contributed by atoms with Gasteiger partial charge in [-0.05, 0) is 32.8 Å². The number of aromatic nitrogens is 2. The highest BCUT2D eigenvalue weighted by Gasteiger charge is 2.29. The predicted octanol–water partition coefficient (Wildman–Crippen LogP) is 4.04. The summed E-state index contributed by atoms with van der Waals surface area (Å²) in [5.74, 6) is 0.159. The van der Waals surface area contributed by atoms with Crippen molar-refractivity contribution in [1.82, 2.24) is 19.4 Å². The fourth-order valence-electron chi connectivity index (χ4n) is 4.72. The Bertz CT molecular complexity index is 902. The third kappa shape index (κ3) is 3.97. The Morgan fingerprint density at radius 2 is 1.69 bits per heavy atom. The van der Waals surface area contributed by atoms with Gasteiger partial charge < -0.3 is 14.4 Å². The lowest BCUT2D eigenvalue weighted by molar-refractivity contribution is -0.130. The zero-order valence-corrected chi connectivity index (χ0v) is 18.4. The van der Waals surface area contributed by atoms with E-state index in [-0.39, 0.29) is 11.8 Å². The highest BCUT2D eigenvalue weighted by molar-refractivity contribution is 7.09. The van der Waals surface area contributed by atoms with Crippen LogP contribution in [-0.4, -0.2) is 57.3 Å². The Labute approximate surface area is 176 Å². The second-order valence-electron chi connectivity index (χ2n) is 8.24. The lowest BCUT2D eigenvalue weighted by Gasteiger charge is -2.34. The van der Waals surface area contributed by atoms with Crippen molar-refractivity contribution in [3.63, 3.8) is 0 Å². The van der Waals surface area contributed by atoms with Gasteiger partial charge in [-0.1, -0.05) is 19.3 Å². The molecule has 2 fully saturated rings. The molecule has 0 N–H and O–H groups in total. The standard InChI is InChI=1S/C22H30N4O2S/c1-15-19(22(28)25-11-9-24(10-12-25)17(3)27)13-21(20-14-29-16(2)23-20)26(15)18-7-5-4-6-8-18/h13-14,18H,4-12H2,1-3H3. The van der Waals surface area contributed by atoms with Crippen molar-refractivity contribution in [2.75, 3.05) is 26.2 Å². The summed E-state index contributed by atoms with van der Waals surface area (Å²) < 4.78 is 2.38. The van der Waals surface area contributed by atoms with E-state index in [0.717, 1.165) is 40.5 Å². The smallest absolute Gasteiger partial charge is 0.255 e. The molecule has 1 saturated heterocycles. The largest absolute Gasteiger partial charge is 0.340 e. The second-order valence-corrected chi connectivity index (χ2v) is 9.30. The first-order valence-corrected chi connectivity index (χ1v) is 11.5. The quantitative estimate of drug-likeness (QED) is 0.762. The zero-order valence-electron chi connectivity index (χ0n) is 17.6. The first kappa shape index (κ1) is 20.1. The molecule has 2 aliphatic rings. The minimum Gasteiger partial charge on any atom is -0.340 e. The van der Waals surface area contributed by atoms with Crippen molar-refractivity contribution >= 4 is 23.2 Å². The molecule has 156 valence electrons. The van der Waals surface area contributed by atoms with E-state index in [1.807, 2.05) is 16.7 Å². The molecule has 0 aromatic carbocycles. The highest BCUT2D eigenvalue weighted by atomic mass is 32.1. The van der Waals surface area contributed by atoms with Crippen LogP contribution in [0, 0.1) is 13.8 Å². The van der Waals surface area contributed by atoms with Gasteiger partial charge in [-0.25, -0.2) is 4.98 Å². The Morgan fingerprint density at radius 1 is 1.03 bits per heavy atom. The molecule has 4 rings (SSSR count). The van der Waals surface area contributed by atoms with Crippen LogP contribution in [0.2, 0.25) is 0 Å². The molecule has 2 aromatic heterocycles. The van der Waals surface area contributed by atoms with Gasteiger partial charge in [0.15, 0.2) is 0 Å². The van der Waals surface area contributed by atoms with Crippen LogP contribution in [0.15, 0.2) is 11.4 Å². The summed E-state index contributed by atoms with van der Waals surface area (Å²) in [6.07, 6.45) is 6.11. The van der Waals surface area contributed by atoms with Crippen LogP contribution in [-0.2, 0) is 4.79 Å². The number of thiazole rings is 1. The topological polar surface area (TPSA) is 58.4 Å². The number of nitrogens with zero attached hydrogens (tertiary/aromatic N) is 4. The van der Waals surface area contributed by atoms with Crippen LogP contribution in [0.25, 0.3) is 11.4 Å². The summed E-state index contributed by atoms with van der Waals surface area (Å²) in [5.41, 5.74) is 3.88. The van der Waals surface area contributed by atoms with Crippen molar-refractivity contribution in [2.45, 2.75) is 58.9 Å². The summed E-state index contributed by atoms with van der Waals surface area (Å²) in [5, 5.41) is 3.14. The van der Waals surface area contributed by atoms with E-state index in [2.05, 4.69) is 22.9 Å². The summed E-state index contributed by atoms with van der Waals surface area (Å²) in [6.45, 7) is 8.11. The first-order chi connectivity index (χ1) is 14.0. The minimum absolute atomic E-state index is 0.0773. The number of rotatable bonds is 3. The van der Waals surface area contributed by atoms with Gasteiger partial charge in [0.25, 0.3) is 5.91 Å². The number of hydrogen-bond acceptors (Lipinski definition) is 4. The molecule has 7 heteroatoms. The van der Waals surface area contributed by atoms with E-state index in [4.69, 9.17) is 4.98 Å². The molecule has 3 heterocycles. The Morgan fingerprint density at radius 3 is 2.28 bits per heavy atom. The molecule has 1 aliphatic heterocycles. The van der Waals surface area contributed by atoms with Crippen LogP contribution in [0.1, 0.15) is 66.1 Å². The summed E-state index contributed by atoms with van der Waals surface area (Å²) in [7, 11) is 0. The van der Waals surface area contributed by atoms with E-state index in [0.29, 0.717) is 32.2 Å². The van der Waals surface area contributed by atoms with Gasteiger partial charge in [0.2, 0.25) is 5.91 Å². The van der Waals surface area contributed by atoms with Crippen molar-refractivity contribution in [2.24, 2.45) is 0 Å². The summed E-state index contributed by atoms with van der Waals surface area (Å²) >= 11 is 1.65. The van der Waals surface area contributed by atoms with Gasteiger partial charge in [0.1, 0.15) is 0 Å². The van der Waals surface area contributed by atoms with Gasteiger partial charge in [-0.15, -0.1) is 11.3 Å². The Hall–Kier alpha value is -2.15. The van der Waals surface area contributed by atoms with E-state index in [1.54, 1.807) is 18.3 Å². The lowest BCUT2D eigenvalue weighted by Crippen LogP contribution is -2.50. The summed E-state index contributed by atoms with van der Waals surface area (Å²) in [6, 6.07) is 2.50. The SMILES string of the molecule is CC(=O)N1CCN(C(=O)c2cc(-c3csc(C)n3)n(C3CCCCC3)c2C)CC1. The van der Waals surface area contributed by atoms with Crippen molar-refractivity contribution in [3.05, 3.63) is 27.7 Å². The van der Waals surface area contributed by atoms with Crippen LogP contribution in [0.3, 0.4) is 0 Å². The number of carbonyl (C=O) groups excluding carboxylic acids is 2. The monoisotopic (exact) mass is 414 g/mol. The van der Waals surface area contributed by atoms with E-state index >= 15 is 0 Å². The molecule has 0 atom stereocenters. The van der Waals surface area contributed by atoms with E-state index in [1.165, 1.54) is 19.3 Å². The average Bonchev–Trinajstić information content (AvgIpc) is 3.31. The molecule has 29 heavy (non-hydrogen) atoms. The average molecular weight is 415 g/mol. The van der Waals surface area contributed by atoms with Crippen molar-refractivity contribution in [1.29, 1.82) is 0 Å². The van der Waals surface area contributed by atoms with Gasteiger partial charge in [-0.3, -0.25) is 9.59 Å². The normalized spacial score (nSPS) is 18.3. The molecular weight excluding hydrogens is 384 g/mol. The number of amides is 2. The number of carbonyl (C=O) groups is 2. The Balaban J connectivity index is 1.66. The van der Waals surface area contributed by atoms with Crippen molar-refractivity contribution < 1.29 is 9.59 Å². The van der Waals surface area contributed by atoms with Crippen LogP contribution < -0.4 is 0 Å². The fraction of sp³-hybridized carbons (Fsp3) is 0.591. The maximum Gasteiger partial charge on any atom is 0.255 e. The molecular formula is C22H30N4O2S. The zero-order chi connectivity index (χ0) is 20.5. The van der Waals surface area contributed by atoms with Crippen molar-refractivity contribution in [3.8, 4) is 11.4 Å². The van der Waals surface area contributed by atoms with Gasteiger partial charge in [-0.2, -0.15) is 0 Å². The van der Waals surface area contributed by atoms with E-state index in [9.17, 15) is 9.59 Å². The van der Waals surface area contributed by atoms with Gasteiger partial charge >= 0.3 is 0 Å². The maximum absolute atomic E-state index is 13.4. The third-order valence-electron chi connectivity index (χ3n) is 6.36. The molecule has 1 saturated carbocycles. The van der Waals surface area contributed by atoms with Gasteiger partial charge in [0, 0.05) is 50.2 Å². The number of piperazine rings is 1. The van der Waals surface area contributed by atoms with E-state index < -0.39 is 0 Å². The third-order valence-corrected chi connectivity index (χ3v) is 7.13. The minimum atomic E-state index is 0.0773. The maximum atomic E-state index is 13.4. The second kappa shape index (κ2) is 8.30. The fourth-order valence-corrected chi connectivity index (χ4v) is 5.33. The summed E-state index contributed by atoms with van der Waals surface area (Å²) in [4.78, 5) is 33.4. The van der Waals surface area contributed by atoms with Crippen LogP contribution in [0.5, 0.6) is 0 Å². The first-order valence-electron chi connectivity index (χ1n) is 10.6. The lowest BCUT2D eigenvalue weighted by atomic mass is 9.95. The molecule has 2 aromatic rings. The molecule has 0 radical (unpaired) electrons. The molecule has 2 amide bonds. The predicted molar refractivity (Wildman–Crippen MR) is 115 cm³/mol. The number of aryl methyl sites for hydroxylation is 1. The molecule has 1 aliphatic carbocycles. The van der Waals surface area contributed by atoms with Crippen LogP contribution in [0.4, 0.5) is 0 Å². The highest BCUT2D eigenvalue weighted by Crippen LogP contribution is 2.37. The molecule has 0 spiro atoms. The van der Waals surface area contributed by atoms with Crippen LogP contribution >= 0.6 is 11.3 Å². The Kier molecular flexibility index (Phi) is 5.76.